The Hall–Kier alpha value is -3.23. The van der Waals surface area contributed by atoms with Gasteiger partial charge in [-0.2, -0.15) is 0 Å². The lowest BCUT2D eigenvalue weighted by Crippen LogP contribution is -2.44. The topological polar surface area (TPSA) is 86.7 Å². The highest BCUT2D eigenvalue weighted by Crippen LogP contribution is 2.33. The summed E-state index contributed by atoms with van der Waals surface area (Å²) in [4.78, 5) is 40.9. The van der Waals surface area contributed by atoms with E-state index in [0.717, 1.165) is 61.1 Å². The number of likely N-dealkylation sites (N-methyl/N-ethyl adjacent to an activating group) is 1. The summed E-state index contributed by atoms with van der Waals surface area (Å²) in [5, 5.41) is 0. The van der Waals surface area contributed by atoms with E-state index in [4.69, 9.17) is 10.7 Å². The molecule has 3 aliphatic heterocycles. The van der Waals surface area contributed by atoms with Crippen LogP contribution in [0.15, 0.2) is 39.1 Å². The fourth-order valence-corrected chi connectivity index (χ4v) is 6.82. The van der Waals surface area contributed by atoms with E-state index >= 15 is 0 Å². The number of amides is 1. The molecule has 0 bridgehead atoms. The fourth-order valence-electron chi connectivity index (χ4n) is 5.63. The predicted octanol–water partition coefficient (Wildman–Crippen LogP) is 2.57. The molecule has 192 valence electrons. The van der Waals surface area contributed by atoms with Gasteiger partial charge in [0.05, 0.1) is 16.1 Å². The van der Waals surface area contributed by atoms with E-state index in [2.05, 4.69) is 33.9 Å². The first-order valence-electron chi connectivity index (χ1n) is 13.0. The van der Waals surface area contributed by atoms with Gasteiger partial charge in [0, 0.05) is 63.3 Å². The molecule has 1 amide bonds. The highest BCUT2D eigenvalue weighted by Gasteiger charge is 2.32. The molecule has 2 N–H and O–H groups in total. The van der Waals surface area contributed by atoms with Crippen molar-refractivity contribution >= 4 is 40.4 Å². The number of aliphatic imine (C=N–C) groups is 1. The van der Waals surface area contributed by atoms with Crippen LogP contribution in [-0.2, 0) is 6.42 Å². The second kappa shape index (κ2) is 9.58. The second-order valence-corrected chi connectivity index (χ2v) is 11.4. The number of piperazine rings is 1. The summed E-state index contributed by atoms with van der Waals surface area (Å²) >= 11 is 1.49. The van der Waals surface area contributed by atoms with Crippen molar-refractivity contribution in [3.05, 3.63) is 66.9 Å². The number of fused-ring (bicyclic) bond motifs is 5. The first-order chi connectivity index (χ1) is 17.9. The smallest absolute Gasteiger partial charge is 0.260 e. The largest absolute Gasteiger partial charge is 0.354 e. The van der Waals surface area contributed by atoms with Gasteiger partial charge in [0.2, 0.25) is 5.43 Å². The van der Waals surface area contributed by atoms with Crippen LogP contribution in [0.2, 0.25) is 0 Å². The number of aromatic nitrogens is 1. The number of carbonyl (C=O) groups excluding carboxylic acids is 1. The van der Waals surface area contributed by atoms with Crippen molar-refractivity contribution in [2.45, 2.75) is 32.2 Å². The Bertz CT molecular complexity index is 1490. The van der Waals surface area contributed by atoms with Crippen LogP contribution < -0.4 is 11.2 Å². The molecule has 1 atom stereocenters. The fraction of sp³-hybridized carbons (Fsp3) is 0.429. The minimum absolute atomic E-state index is 0.0524. The molecule has 4 aliphatic rings. The third-order valence-electron chi connectivity index (χ3n) is 7.79. The number of nitrogens with zero attached hydrogens (tertiary/aromatic N) is 5. The monoisotopic (exact) mass is 516 g/mol. The van der Waals surface area contributed by atoms with Crippen molar-refractivity contribution in [1.29, 1.82) is 0 Å². The van der Waals surface area contributed by atoms with Crippen molar-refractivity contribution in [3.8, 4) is 0 Å². The molecule has 37 heavy (non-hydrogen) atoms. The lowest BCUT2D eigenvalue weighted by molar-refractivity contribution is 0.0791. The van der Waals surface area contributed by atoms with Crippen molar-refractivity contribution in [2.24, 2.45) is 10.7 Å². The van der Waals surface area contributed by atoms with Crippen LogP contribution >= 0.6 is 11.3 Å². The first kappa shape index (κ1) is 24.1. The minimum atomic E-state index is -0.236. The first-order valence-corrected chi connectivity index (χ1v) is 13.8. The Kier molecular flexibility index (Phi) is 6.24. The molecular formula is C28H32N6O2S. The maximum atomic E-state index is 14.1. The SMILES string of the molecule is C/C1=C(N2CCN(C)CC2)\N=C/c2c(n3c4c(sc3c(C(=O)N3CCC(N)C3)c2=O)C=CC=C=C4)CC1. The minimum Gasteiger partial charge on any atom is -0.354 e. The summed E-state index contributed by atoms with van der Waals surface area (Å²) in [6, 6.07) is -0.0524. The molecule has 1 unspecified atom stereocenters. The number of allylic oxidation sites excluding steroid dienone is 3. The van der Waals surface area contributed by atoms with E-state index in [-0.39, 0.29) is 22.9 Å². The van der Waals surface area contributed by atoms with Crippen LogP contribution in [0.25, 0.3) is 17.0 Å². The summed E-state index contributed by atoms with van der Waals surface area (Å²) in [6.45, 7) is 6.97. The van der Waals surface area contributed by atoms with E-state index in [1.165, 1.54) is 16.9 Å². The Morgan fingerprint density at radius 2 is 2.00 bits per heavy atom. The zero-order valence-electron chi connectivity index (χ0n) is 21.4. The third-order valence-corrected chi connectivity index (χ3v) is 8.94. The molecule has 2 saturated heterocycles. The average molecular weight is 517 g/mol. The number of likely N-dealkylation sites (tertiary alicyclic amines) is 1. The van der Waals surface area contributed by atoms with Gasteiger partial charge in [-0.15, -0.1) is 17.1 Å². The quantitative estimate of drug-likeness (QED) is 0.620. The summed E-state index contributed by atoms with van der Waals surface area (Å²) in [5.74, 6) is 0.719. The van der Waals surface area contributed by atoms with Gasteiger partial charge in [0.1, 0.15) is 16.2 Å². The number of rotatable bonds is 2. The van der Waals surface area contributed by atoms with Gasteiger partial charge < -0.3 is 24.8 Å². The van der Waals surface area contributed by atoms with Gasteiger partial charge in [-0.25, -0.2) is 4.99 Å². The summed E-state index contributed by atoms with van der Waals surface area (Å²) in [7, 11) is 2.14. The Morgan fingerprint density at radius 1 is 1.19 bits per heavy atom. The lowest BCUT2D eigenvalue weighted by Gasteiger charge is -2.35. The number of thiazole rings is 1. The zero-order chi connectivity index (χ0) is 25.7. The molecule has 2 aromatic heterocycles. The number of hydrogen-bond acceptors (Lipinski definition) is 7. The Balaban J connectivity index is 1.54. The maximum Gasteiger partial charge on any atom is 0.260 e. The molecule has 8 nitrogen and oxygen atoms in total. The average Bonchev–Trinajstić information content (AvgIpc) is 3.38. The van der Waals surface area contributed by atoms with Crippen molar-refractivity contribution in [3.63, 3.8) is 0 Å². The number of nitrogens with two attached hydrogens (primary N) is 1. The van der Waals surface area contributed by atoms with E-state index in [0.29, 0.717) is 29.9 Å². The molecule has 5 heterocycles. The molecule has 9 heteroatoms. The Morgan fingerprint density at radius 3 is 2.76 bits per heavy atom. The Labute approximate surface area is 220 Å². The van der Waals surface area contributed by atoms with E-state index < -0.39 is 0 Å². The summed E-state index contributed by atoms with van der Waals surface area (Å²) in [5.41, 5.74) is 12.9. The summed E-state index contributed by atoms with van der Waals surface area (Å²) in [6.07, 6.45) is 11.7. The zero-order valence-corrected chi connectivity index (χ0v) is 22.2. The van der Waals surface area contributed by atoms with Crippen LogP contribution in [0.3, 0.4) is 0 Å². The predicted molar refractivity (Wildman–Crippen MR) is 149 cm³/mol. The van der Waals surface area contributed by atoms with E-state index in [1.54, 1.807) is 11.1 Å². The molecule has 2 aromatic rings. The summed E-state index contributed by atoms with van der Waals surface area (Å²) < 4.78 is 2.11. The van der Waals surface area contributed by atoms with Crippen LogP contribution in [0.5, 0.6) is 0 Å². The molecule has 0 aromatic carbocycles. The lowest BCUT2D eigenvalue weighted by atomic mass is 10.0. The number of carbonyl (C=O) groups is 1. The van der Waals surface area contributed by atoms with Gasteiger partial charge >= 0.3 is 0 Å². The molecule has 6 rings (SSSR count). The van der Waals surface area contributed by atoms with Crippen molar-refractivity contribution in [1.82, 2.24) is 19.1 Å². The number of pyridine rings is 1. The second-order valence-electron chi connectivity index (χ2n) is 10.3. The van der Waals surface area contributed by atoms with Crippen LogP contribution in [0.4, 0.5) is 0 Å². The number of hydrogen-bond donors (Lipinski definition) is 1. The third kappa shape index (κ3) is 4.22. The van der Waals surface area contributed by atoms with Gasteiger partial charge in [0.25, 0.3) is 5.91 Å². The normalized spacial score (nSPS) is 24.7. The standard InChI is InChI=1S/C28H32N6O2S/c1-18-8-9-21-20(16-30-26(18)32-14-12-31(2)13-15-32)25(35)24(27(36)33-11-10-19(29)17-33)28-34(21)22-6-4-3-5-7-23(22)37-28/h3,5-7,16,19H,8-15,17,29H2,1-2H3/b26-18-,30-16-. The molecule has 0 saturated carbocycles. The maximum absolute atomic E-state index is 14.1. The van der Waals surface area contributed by atoms with Crippen molar-refractivity contribution < 1.29 is 4.79 Å². The van der Waals surface area contributed by atoms with Gasteiger partial charge in [-0.3, -0.25) is 9.59 Å². The molecule has 0 radical (unpaired) electrons. The van der Waals surface area contributed by atoms with Gasteiger partial charge in [0.15, 0.2) is 0 Å². The molecular weight excluding hydrogens is 484 g/mol. The van der Waals surface area contributed by atoms with Gasteiger partial charge in [-0.1, -0.05) is 6.08 Å². The van der Waals surface area contributed by atoms with E-state index in [9.17, 15) is 9.59 Å². The highest BCUT2D eigenvalue weighted by molar-refractivity contribution is 7.18. The van der Waals surface area contributed by atoms with Crippen LogP contribution in [-0.4, -0.2) is 83.6 Å². The highest BCUT2D eigenvalue weighted by atomic mass is 32.1. The van der Waals surface area contributed by atoms with Crippen molar-refractivity contribution in [2.75, 3.05) is 46.3 Å². The van der Waals surface area contributed by atoms with Crippen LogP contribution in [0.1, 0.15) is 52.0 Å². The molecule has 2 fully saturated rings. The van der Waals surface area contributed by atoms with Gasteiger partial charge in [-0.05, 0) is 51.0 Å². The van der Waals surface area contributed by atoms with Crippen LogP contribution in [0, 0.1) is 0 Å². The van der Waals surface area contributed by atoms with E-state index in [1.807, 2.05) is 24.3 Å². The molecule has 1 aliphatic carbocycles. The molecule has 0 spiro atoms. The number of aryl methyl sites for hydroxylation is 1.